The van der Waals surface area contributed by atoms with Crippen LogP contribution in [-0.2, 0) is 6.54 Å². The van der Waals surface area contributed by atoms with E-state index in [4.69, 9.17) is 9.26 Å². The van der Waals surface area contributed by atoms with Gasteiger partial charge in [-0.05, 0) is 42.0 Å². The number of fused-ring (bicyclic) bond motifs is 1. The van der Waals surface area contributed by atoms with Gasteiger partial charge in [0, 0.05) is 30.1 Å². The Labute approximate surface area is 171 Å². The Morgan fingerprint density at radius 2 is 1.80 bits per heavy atom. The second kappa shape index (κ2) is 9.02. The van der Waals surface area contributed by atoms with Crippen molar-refractivity contribution in [2.24, 2.45) is 0 Å². The molecule has 1 atom stereocenters. The van der Waals surface area contributed by atoms with Gasteiger partial charge in [-0.15, -0.1) is 0 Å². The fourth-order valence-electron chi connectivity index (χ4n) is 3.09. The Morgan fingerprint density at radius 3 is 2.63 bits per heavy atom. The largest absolute Gasteiger partial charge is 0.491 e. The minimum absolute atomic E-state index is 0.102. The lowest BCUT2D eigenvalue weighted by Crippen LogP contribution is -2.31. The fraction of sp³-hybridized carbons (Fsp3) is 0.174. The van der Waals surface area contributed by atoms with Crippen LogP contribution in [0.4, 0.5) is 8.78 Å². The lowest BCUT2D eigenvalue weighted by atomic mass is 10.1. The zero-order chi connectivity index (χ0) is 20.9. The van der Waals surface area contributed by atoms with Crippen LogP contribution in [0, 0.1) is 11.6 Å². The van der Waals surface area contributed by atoms with Crippen molar-refractivity contribution < 1.29 is 23.1 Å². The molecule has 0 saturated heterocycles. The van der Waals surface area contributed by atoms with Gasteiger partial charge < -0.3 is 19.7 Å². The molecule has 5 nitrogen and oxygen atoms in total. The van der Waals surface area contributed by atoms with E-state index in [0.29, 0.717) is 35.5 Å². The molecule has 0 unspecified atom stereocenters. The molecule has 0 aliphatic rings. The van der Waals surface area contributed by atoms with E-state index in [-0.39, 0.29) is 18.2 Å². The van der Waals surface area contributed by atoms with Gasteiger partial charge in [0.05, 0.1) is 0 Å². The summed E-state index contributed by atoms with van der Waals surface area (Å²) in [5, 5.41) is 18.0. The summed E-state index contributed by atoms with van der Waals surface area (Å²) in [6.45, 7) is 0.952. The number of hydrogen-bond acceptors (Lipinski definition) is 5. The number of rotatable bonds is 8. The molecule has 30 heavy (non-hydrogen) atoms. The van der Waals surface area contributed by atoms with Crippen LogP contribution in [0.15, 0.2) is 71.3 Å². The van der Waals surface area contributed by atoms with E-state index in [0.717, 1.165) is 11.1 Å². The van der Waals surface area contributed by atoms with Crippen LogP contribution >= 0.6 is 0 Å². The Morgan fingerprint density at radius 1 is 1.00 bits per heavy atom. The molecule has 0 amide bonds. The lowest BCUT2D eigenvalue weighted by Gasteiger charge is -2.14. The SMILES string of the molecule is O[C@@H](CNCc1ccc(F)cc1)COc1cccc(-c2noc3cc(F)ccc23)c1. The summed E-state index contributed by atoms with van der Waals surface area (Å²) in [5.41, 5.74) is 2.66. The number of aromatic nitrogens is 1. The molecule has 0 bridgehead atoms. The summed E-state index contributed by atoms with van der Waals surface area (Å²) in [6.07, 6.45) is -0.718. The predicted molar refractivity (Wildman–Crippen MR) is 109 cm³/mol. The topological polar surface area (TPSA) is 67.5 Å². The number of aliphatic hydroxyl groups excluding tert-OH is 1. The highest BCUT2D eigenvalue weighted by atomic mass is 19.1. The van der Waals surface area contributed by atoms with Crippen LogP contribution < -0.4 is 10.1 Å². The third-order valence-corrected chi connectivity index (χ3v) is 4.61. The van der Waals surface area contributed by atoms with Gasteiger partial charge in [-0.3, -0.25) is 0 Å². The molecular weight excluding hydrogens is 390 g/mol. The van der Waals surface area contributed by atoms with Crippen molar-refractivity contribution in [3.05, 3.63) is 83.9 Å². The van der Waals surface area contributed by atoms with Gasteiger partial charge in [0.1, 0.15) is 35.8 Å². The molecule has 0 fully saturated rings. The number of aliphatic hydroxyl groups is 1. The monoisotopic (exact) mass is 410 g/mol. The molecular formula is C23H20F2N2O3. The van der Waals surface area contributed by atoms with Crippen molar-refractivity contribution in [3.63, 3.8) is 0 Å². The van der Waals surface area contributed by atoms with E-state index in [1.54, 1.807) is 30.3 Å². The van der Waals surface area contributed by atoms with E-state index >= 15 is 0 Å². The van der Waals surface area contributed by atoms with Gasteiger partial charge >= 0.3 is 0 Å². The zero-order valence-corrected chi connectivity index (χ0v) is 16.0. The number of halogens is 2. The van der Waals surface area contributed by atoms with E-state index < -0.39 is 6.10 Å². The van der Waals surface area contributed by atoms with Crippen molar-refractivity contribution >= 4 is 11.0 Å². The van der Waals surface area contributed by atoms with Crippen LogP contribution in [-0.4, -0.2) is 29.5 Å². The number of ether oxygens (including phenoxy) is 1. The Bertz CT molecular complexity index is 1130. The van der Waals surface area contributed by atoms with Gasteiger partial charge in [-0.2, -0.15) is 0 Å². The molecule has 4 aromatic rings. The van der Waals surface area contributed by atoms with E-state index in [1.807, 2.05) is 12.1 Å². The molecule has 154 valence electrons. The molecule has 0 spiro atoms. The molecule has 1 heterocycles. The fourth-order valence-corrected chi connectivity index (χ4v) is 3.09. The third-order valence-electron chi connectivity index (χ3n) is 4.61. The maximum Gasteiger partial charge on any atom is 0.170 e. The van der Waals surface area contributed by atoms with E-state index in [2.05, 4.69) is 10.5 Å². The highest BCUT2D eigenvalue weighted by molar-refractivity contribution is 5.91. The quantitative estimate of drug-likeness (QED) is 0.453. The van der Waals surface area contributed by atoms with Gasteiger partial charge in [0.15, 0.2) is 5.58 Å². The molecule has 0 aliphatic carbocycles. The second-order valence-corrected chi connectivity index (χ2v) is 6.92. The smallest absolute Gasteiger partial charge is 0.170 e. The first-order valence-electron chi connectivity index (χ1n) is 9.50. The van der Waals surface area contributed by atoms with Crippen LogP contribution in [0.3, 0.4) is 0 Å². The summed E-state index contributed by atoms with van der Waals surface area (Å²) in [6, 6.07) is 17.7. The average Bonchev–Trinajstić information content (AvgIpc) is 3.17. The summed E-state index contributed by atoms with van der Waals surface area (Å²) in [7, 11) is 0. The first-order valence-corrected chi connectivity index (χ1v) is 9.50. The summed E-state index contributed by atoms with van der Waals surface area (Å²) < 4.78 is 37.2. The molecule has 0 aliphatic heterocycles. The van der Waals surface area contributed by atoms with E-state index in [9.17, 15) is 13.9 Å². The standard InChI is InChI=1S/C23H20F2N2O3/c24-17-6-4-15(5-7-17)12-26-13-19(28)14-29-20-3-1-2-16(10-20)23-21-9-8-18(25)11-22(21)30-27-23/h1-11,19,26,28H,12-14H2/t19-/m0/s1. The summed E-state index contributed by atoms with van der Waals surface area (Å²) in [4.78, 5) is 0. The van der Waals surface area contributed by atoms with Gasteiger partial charge in [0.25, 0.3) is 0 Å². The summed E-state index contributed by atoms with van der Waals surface area (Å²) in [5.74, 6) is -0.0900. The van der Waals surface area contributed by atoms with Crippen molar-refractivity contribution in [2.75, 3.05) is 13.2 Å². The molecule has 4 rings (SSSR count). The van der Waals surface area contributed by atoms with Gasteiger partial charge in [-0.1, -0.05) is 29.4 Å². The first-order chi connectivity index (χ1) is 14.6. The molecule has 7 heteroatoms. The first kappa shape index (κ1) is 20.0. The Kier molecular flexibility index (Phi) is 6.02. The normalized spacial score (nSPS) is 12.2. The molecule has 3 aromatic carbocycles. The minimum Gasteiger partial charge on any atom is -0.491 e. The number of nitrogens with zero attached hydrogens (tertiary/aromatic N) is 1. The van der Waals surface area contributed by atoms with Crippen LogP contribution in [0.25, 0.3) is 22.2 Å². The van der Waals surface area contributed by atoms with Crippen LogP contribution in [0.1, 0.15) is 5.56 Å². The lowest BCUT2D eigenvalue weighted by molar-refractivity contribution is 0.106. The minimum atomic E-state index is -0.718. The third kappa shape index (κ3) is 4.82. The van der Waals surface area contributed by atoms with Crippen LogP contribution in [0.2, 0.25) is 0 Å². The maximum atomic E-state index is 13.3. The van der Waals surface area contributed by atoms with Crippen molar-refractivity contribution in [3.8, 4) is 17.0 Å². The van der Waals surface area contributed by atoms with Crippen molar-refractivity contribution in [2.45, 2.75) is 12.6 Å². The molecule has 0 saturated carbocycles. The van der Waals surface area contributed by atoms with E-state index in [1.165, 1.54) is 24.3 Å². The number of benzene rings is 3. The Balaban J connectivity index is 1.33. The average molecular weight is 410 g/mol. The molecule has 2 N–H and O–H groups in total. The van der Waals surface area contributed by atoms with Gasteiger partial charge in [-0.25, -0.2) is 8.78 Å². The predicted octanol–water partition coefficient (Wildman–Crippen LogP) is 4.30. The zero-order valence-electron chi connectivity index (χ0n) is 16.0. The van der Waals surface area contributed by atoms with Gasteiger partial charge in [0.2, 0.25) is 0 Å². The van der Waals surface area contributed by atoms with Crippen molar-refractivity contribution in [1.82, 2.24) is 10.5 Å². The number of hydrogen-bond donors (Lipinski definition) is 2. The Hall–Kier alpha value is -3.29. The van der Waals surface area contributed by atoms with Crippen LogP contribution in [0.5, 0.6) is 5.75 Å². The van der Waals surface area contributed by atoms with Crippen molar-refractivity contribution in [1.29, 1.82) is 0 Å². The highest BCUT2D eigenvalue weighted by Gasteiger charge is 2.12. The molecule has 0 radical (unpaired) electrons. The highest BCUT2D eigenvalue weighted by Crippen LogP contribution is 2.30. The molecule has 1 aromatic heterocycles. The number of nitrogens with one attached hydrogen (secondary N) is 1. The second-order valence-electron chi connectivity index (χ2n) is 6.92. The summed E-state index contributed by atoms with van der Waals surface area (Å²) >= 11 is 0. The maximum absolute atomic E-state index is 13.3.